The summed E-state index contributed by atoms with van der Waals surface area (Å²) < 4.78 is 25.6. The van der Waals surface area contributed by atoms with Gasteiger partial charge in [-0.3, -0.25) is 4.72 Å². The number of sulfonamides is 1. The Morgan fingerprint density at radius 3 is 2.56 bits per heavy atom. The van der Waals surface area contributed by atoms with Gasteiger partial charge in [0.1, 0.15) is 0 Å². The highest BCUT2D eigenvalue weighted by Crippen LogP contribution is 2.28. The van der Waals surface area contributed by atoms with Crippen molar-refractivity contribution in [3.63, 3.8) is 0 Å². The molecular weight excluding hydrogens is 451 g/mol. The SMILES string of the molecule is CCNC(=NCc1ccccc1NS(C)(=O)=O)N1CCC(C)(C)C1.I. The van der Waals surface area contributed by atoms with Crippen LogP contribution in [-0.4, -0.2) is 45.2 Å². The molecule has 6 nitrogen and oxygen atoms in total. The standard InChI is InChI=1S/C17H28N4O2S.HI/c1-5-18-16(21-11-10-17(2,3)13-21)19-12-14-8-6-7-9-15(14)20-24(4,22)23;/h6-9,20H,5,10-13H2,1-4H3,(H,18,19);1H. The van der Waals surface area contributed by atoms with Crippen molar-refractivity contribution in [1.29, 1.82) is 0 Å². The van der Waals surface area contributed by atoms with Crippen LogP contribution < -0.4 is 10.0 Å². The number of nitrogens with zero attached hydrogens (tertiary/aromatic N) is 2. The van der Waals surface area contributed by atoms with Crippen LogP contribution in [0.3, 0.4) is 0 Å². The van der Waals surface area contributed by atoms with Crippen LogP contribution in [0.4, 0.5) is 5.69 Å². The average Bonchev–Trinajstić information content (AvgIpc) is 2.83. The van der Waals surface area contributed by atoms with Crippen LogP contribution >= 0.6 is 24.0 Å². The predicted octanol–water partition coefficient (Wildman–Crippen LogP) is 2.87. The molecule has 2 rings (SSSR count). The van der Waals surface area contributed by atoms with Gasteiger partial charge in [0, 0.05) is 19.6 Å². The van der Waals surface area contributed by atoms with E-state index in [0.29, 0.717) is 17.6 Å². The Bertz CT molecular complexity index is 704. The molecule has 25 heavy (non-hydrogen) atoms. The van der Waals surface area contributed by atoms with E-state index in [-0.39, 0.29) is 24.0 Å². The van der Waals surface area contributed by atoms with E-state index in [4.69, 9.17) is 4.99 Å². The van der Waals surface area contributed by atoms with Crippen molar-refractivity contribution < 1.29 is 8.42 Å². The first-order valence-electron chi connectivity index (χ1n) is 8.29. The van der Waals surface area contributed by atoms with Gasteiger partial charge in [-0.25, -0.2) is 13.4 Å². The number of rotatable bonds is 5. The Morgan fingerprint density at radius 2 is 2.00 bits per heavy atom. The van der Waals surface area contributed by atoms with Gasteiger partial charge in [0.05, 0.1) is 18.5 Å². The van der Waals surface area contributed by atoms with Gasteiger partial charge in [0.2, 0.25) is 10.0 Å². The maximum atomic E-state index is 11.5. The Labute approximate surface area is 168 Å². The summed E-state index contributed by atoms with van der Waals surface area (Å²) in [5.74, 6) is 0.886. The molecule has 1 fully saturated rings. The minimum Gasteiger partial charge on any atom is -0.357 e. The Balaban J connectivity index is 0.00000312. The lowest BCUT2D eigenvalue weighted by Gasteiger charge is -2.23. The third-order valence-corrected chi connectivity index (χ3v) is 4.61. The fourth-order valence-corrected chi connectivity index (χ4v) is 3.44. The molecular formula is C17H29IN4O2S. The molecule has 1 aromatic rings. The van der Waals surface area contributed by atoms with E-state index in [2.05, 4.69) is 35.7 Å². The van der Waals surface area contributed by atoms with Gasteiger partial charge in [-0.15, -0.1) is 24.0 Å². The van der Waals surface area contributed by atoms with Crippen molar-refractivity contribution in [1.82, 2.24) is 10.2 Å². The zero-order valence-electron chi connectivity index (χ0n) is 15.4. The van der Waals surface area contributed by atoms with Gasteiger partial charge in [-0.05, 0) is 30.4 Å². The second-order valence-electron chi connectivity index (χ2n) is 7.04. The summed E-state index contributed by atoms with van der Waals surface area (Å²) in [5.41, 5.74) is 1.74. The number of hydrogen-bond acceptors (Lipinski definition) is 3. The van der Waals surface area contributed by atoms with Crippen molar-refractivity contribution in [2.45, 2.75) is 33.7 Å². The van der Waals surface area contributed by atoms with Crippen LogP contribution in [0.1, 0.15) is 32.8 Å². The highest BCUT2D eigenvalue weighted by Gasteiger charge is 2.30. The first-order chi connectivity index (χ1) is 11.2. The Kier molecular flexibility index (Phi) is 7.98. The predicted molar refractivity (Wildman–Crippen MR) is 115 cm³/mol. The number of para-hydroxylation sites is 1. The molecule has 1 saturated heterocycles. The summed E-state index contributed by atoms with van der Waals surface area (Å²) in [5, 5.41) is 3.34. The highest BCUT2D eigenvalue weighted by atomic mass is 127. The van der Waals surface area contributed by atoms with Gasteiger partial charge in [0.25, 0.3) is 0 Å². The molecule has 1 aliphatic rings. The molecule has 0 spiro atoms. The molecule has 1 aliphatic heterocycles. The molecule has 0 aliphatic carbocycles. The van der Waals surface area contributed by atoms with Gasteiger partial charge in [0.15, 0.2) is 5.96 Å². The van der Waals surface area contributed by atoms with E-state index in [9.17, 15) is 8.42 Å². The summed E-state index contributed by atoms with van der Waals surface area (Å²) in [6, 6.07) is 7.37. The number of halogens is 1. The maximum absolute atomic E-state index is 11.5. The van der Waals surface area contributed by atoms with Crippen molar-refractivity contribution >= 4 is 45.6 Å². The molecule has 1 heterocycles. The van der Waals surface area contributed by atoms with E-state index in [1.165, 1.54) is 0 Å². The van der Waals surface area contributed by atoms with Crippen molar-refractivity contribution in [3.8, 4) is 0 Å². The zero-order chi connectivity index (χ0) is 17.8. The van der Waals surface area contributed by atoms with Crippen molar-refractivity contribution in [2.75, 3.05) is 30.6 Å². The van der Waals surface area contributed by atoms with Crippen LogP contribution in [0.15, 0.2) is 29.3 Å². The first-order valence-corrected chi connectivity index (χ1v) is 10.2. The van der Waals surface area contributed by atoms with Crippen LogP contribution in [-0.2, 0) is 16.6 Å². The molecule has 1 aromatic carbocycles. The van der Waals surface area contributed by atoms with E-state index in [0.717, 1.165) is 43.8 Å². The average molecular weight is 480 g/mol. The van der Waals surface area contributed by atoms with Crippen molar-refractivity contribution in [2.24, 2.45) is 10.4 Å². The molecule has 0 radical (unpaired) electrons. The topological polar surface area (TPSA) is 73.8 Å². The van der Waals surface area contributed by atoms with E-state index < -0.39 is 10.0 Å². The molecule has 0 unspecified atom stereocenters. The van der Waals surface area contributed by atoms with Gasteiger partial charge in [-0.1, -0.05) is 32.0 Å². The summed E-state index contributed by atoms with van der Waals surface area (Å²) in [6.07, 6.45) is 2.30. The minimum atomic E-state index is -3.30. The number of anilines is 1. The molecule has 0 amide bonds. The molecule has 0 aromatic heterocycles. The normalized spacial score (nSPS) is 17.1. The third-order valence-electron chi connectivity index (χ3n) is 4.02. The number of nitrogens with one attached hydrogen (secondary N) is 2. The molecule has 0 saturated carbocycles. The fraction of sp³-hybridized carbons (Fsp3) is 0.588. The number of guanidine groups is 1. The largest absolute Gasteiger partial charge is 0.357 e. The minimum absolute atomic E-state index is 0. The highest BCUT2D eigenvalue weighted by molar-refractivity contribution is 14.0. The first kappa shape index (κ1) is 22.0. The Morgan fingerprint density at radius 1 is 1.32 bits per heavy atom. The number of benzene rings is 1. The Hall–Kier alpha value is -1.03. The maximum Gasteiger partial charge on any atom is 0.229 e. The van der Waals surface area contributed by atoms with Gasteiger partial charge >= 0.3 is 0 Å². The monoisotopic (exact) mass is 480 g/mol. The second-order valence-corrected chi connectivity index (χ2v) is 8.79. The van der Waals surface area contributed by atoms with E-state index >= 15 is 0 Å². The van der Waals surface area contributed by atoms with Crippen LogP contribution in [0.25, 0.3) is 0 Å². The van der Waals surface area contributed by atoms with E-state index in [1.54, 1.807) is 6.07 Å². The summed E-state index contributed by atoms with van der Waals surface area (Å²) in [4.78, 5) is 6.99. The molecule has 8 heteroatoms. The van der Waals surface area contributed by atoms with E-state index in [1.807, 2.05) is 18.2 Å². The molecule has 142 valence electrons. The second kappa shape index (κ2) is 9.07. The van der Waals surface area contributed by atoms with Crippen LogP contribution in [0.5, 0.6) is 0 Å². The van der Waals surface area contributed by atoms with Gasteiger partial charge in [-0.2, -0.15) is 0 Å². The van der Waals surface area contributed by atoms with Crippen LogP contribution in [0, 0.1) is 5.41 Å². The lowest BCUT2D eigenvalue weighted by molar-refractivity contribution is 0.370. The van der Waals surface area contributed by atoms with Crippen LogP contribution in [0.2, 0.25) is 0 Å². The molecule has 0 atom stereocenters. The summed E-state index contributed by atoms with van der Waals surface area (Å²) >= 11 is 0. The number of hydrogen-bond donors (Lipinski definition) is 2. The smallest absolute Gasteiger partial charge is 0.229 e. The zero-order valence-corrected chi connectivity index (χ0v) is 18.5. The lowest BCUT2D eigenvalue weighted by Crippen LogP contribution is -2.40. The number of aliphatic imine (C=N–C) groups is 1. The van der Waals surface area contributed by atoms with Gasteiger partial charge < -0.3 is 10.2 Å². The molecule has 2 N–H and O–H groups in total. The van der Waals surface area contributed by atoms with Crippen molar-refractivity contribution in [3.05, 3.63) is 29.8 Å². The molecule has 0 bridgehead atoms. The quantitative estimate of drug-likeness (QED) is 0.386. The lowest BCUT2D eigenvalue weighted by atomic mass is 9.93. The fourth-order valence-electron chi connectivity index (χ4n) is 2.84. The summed E-state index contributed by atoms with van der Waals surface area (Å²) in [6.45, 7) is 9.78. The summed E-state index contributed by atoms with van der Waals surface area (Å²) in [7, 11) is -3.30. The number of likely N-dealkylation sites (tertiary alicyclic amines) is 1. The third kappa shape index (κ3) is 7.01.